The van der Waals surface area contributed by atoms with Crippen LogP contribution in [-0.2, 0) is 32.4 Å². The number of carbonyl (C=O) groups excluding carboxylic acids is 1. The van der Waals surface area contributed by atoms with Gasteiger partial charge in [-0.05, 0) is 32.7 Å². The van der Waals surface area contributed by atoms with E-state index in [-0.39, 0.29) is 25.7 Å². The Kier molecular flexibility index (Phi) is 7.47. The molecule has 0 saturated carbocycles. The summed E-state index contributed by atoms with van der Waals surface area (Å²) in [6, 6.07) is 1.11. The van der Waals surface area contributed by atoms with Crippen LogP contribution in [0.3, 0.4) is 0 Å². The van der Waals surface area contributed by atoms with Gasteiger partial charge in [0.05, 0.1) is 25.2 Å². The Morgan fingerprint density at radius 2 is 2.18 bits per heavy atom. The smallest absolute Gasteiger partial charge is 0.463 e. The highest BCUT2D eigenvalue weighted by Gasteiger charge is 2.60. The summed E-state index contributed by atoms with van der Waals surface area (Å²) in [5.41, 5.74) is 6.21. The van der Waals surface area contributed by atoms with Gasteiger partial charge in [-0.15, -0.1) is 0 Å². The number of esters is 1. The van der Waals surface area contributed by atoms with E-state index in [1.54, 1.807) is 20.8 Å². The topological polar surface area (TPSA) is 184 Å². The van der Waals surface area contributed by atoms with Crippen molar-refractivity contribution in [2.75, 3.05) is 13.2 Å². The van der Waals surface area contributed by atoms with Crippen LogP contribution >= 0.6 is 7.82 Å². The summed E-state index contributed by atoms with van der Waals surface area (Å²) in [5.74, 6) is -0.914. The second kappa shape index (κ2) is 9.80. The first-order chi connectivity index (χ1) is 15.5. The minimum atomic E-state index is -4.10. The Morgan fingerprint density at radius 1 is 1.45 bits per heavy atom. The number of ether oxygens (including phenoxy) is 2. The Balaban J connectivity index is 1.74. The summed E-state index contributed by atoms with van der Waals surface area (Å²) >= 11 is 0. The number of phosphoric ester groups is 1. The van der Waals surface area contributed by atoms with E-state index in [9.17, 15) is 18.9 Å². The third-order valence-electron chi connectivity index (χ3n) is 5.28. The molecule has 2 aliphatic heterocycles. The Hall–Kier alpha value is -2.47. The molecule has 2 fully saturated rings. The lowest BCUT2D eigenvalue weighted by Crippen LogP contribution is -2.47. The van der Waals surface area contributed by atoms with E-state index in [4.69, 9.17) is 28.6 Å². The van der Waals surface area contributed by atoms with Crippen molar-refractivity contribution in [3.63, 3.8) is 0 Å². The van der Waals surface area contributed by atoms with Crippen LogP contribution in [0.25, 0.3) is 10.4 Å². The molecule has 0 amide bonds. The Morgan fingerprint density at radius 3 is 2.82 bits per heavy atom. The number of carbonyl (C=O) groups is 1. The number of nitrogens with zero attached hydrogens (tertiary/aromatic N) is 4. The zero-order valence-corrected chi connectivity index (χ0v) is 19.5. The largest absolute Gasteiger partial charge is 0.475 e. The maximum atomic E-state index is 13.1. The number of hydrogen-bond donors (Lipinski definition) is 1. The van der Waals surface area contributed by atoms with Crippen LogP contribution in [0.2, 0.25) is 0 Å². The number of hydrogen-bond acceptors (Lipinski definition) is 10. The van der Waals surface area contributed by atoms with E-state index in [0.717, 1.165) is 10.6 Å². The molecule has 0 aliphatic carbocycles. The van der Waals surface area contributed by atoms with E-state index < -0.39 is 54.9 Å². The van der Waals surface area contributed by atoms with Crippen LogP contribution in [0.4, 0.5) is 0 Å². The molecule has 0 bridgehead atoms. The second-order valence-corrected chi connectivity index (χ2v) is 9.86. The molecule has 182 valence electrons. The van der Waals surface area contributed by atoms with Crippen LogP contribution in [0.5, 0.6) is 0 Å². The highest BCUT2D eigenvalue weighted by atomic mass is 31.2. The molecule has 33 heavy (non-hydrogen) atoms. The first-order valence-corrected chi connectivity index (χ1v) is 11.8. The van der Waals surface area contributed by atoms with E-state index in [1.807, 2.05) is 0 Å². The average Bonchev–Trinajstić information content (AvgIpc) is 2.99. The molecule has 0 radical (unpaired) electrons. The number of phosphoric acid groups is 1. The fourth-order valence-corrected chi connectivity index (χ4v) is 5.05. The number of aromatic amines is 1. The van der Waals surface area contributed by atoms with Crippen molar-refractivity contribution < 1.29 is 32.4 Å². The predicted octanol–water partition coefficient (Wildman–Crippen LogP) is 2.02. The quantitative estimate of drug-likeness (QED) is 0.188. The number of H-pyrrole nitrogens is 1. The third-order valence-corrected chi connectivity index (χ3v) is 6.72. The van der Waals surface area contributed by atoms with Crippen molar-refractivity contribution >= 4 is 13.8 Å². The highest BCUT2D eigenvalue weighted by molar-refractivity contribution is 7.48. The van der Waals surface area contributed by atoms with Crippen LogP contribution in [0, 0.1) is 5.92 Å². The molecule has 15 heteroatoms. The molecule has 3 rings (SSSR count). The molecule has 0 spiro atoms. The van der Waals surface area contributed by atoms with Crippen molar-refractivity contribution in [3.8, 4) is 0 Å². The molecule has 2 saturated heterocycles. The van der Waals surface area contributed by atoms with Gasteiger partial charge < -0.3 is 9.47 Å². The molecule has 0 aromatic carbocycles. The lowest BCUT2D eigenvalue weighted by Gasteiger charge is -2.35. The Bertz CT molecular complexity index is 1100. The van der Waals surface area contributed by atoms with E-state index in [1.165, 1.54) is 13.1 Å². The van der Waals surface area contributed by atoms with E-state index in [2.05, 4.69) is 15.0 Å². The third kappa shape index (κ3) is 5.37. The number of aromatic nitrogens is 2. The zero-order valence-electron chi connectivity index (χ0n) is 18.6. The van der Waals surface area contributed by atoms with Crippen LogP contribution in [-0.4, -0.2) is 52.6 Å². The van der Waals surface area contributed by atoms with Gasteiger partial charge in [-0.1, -0.05) is 12.0 Å². The number of azide groups is 1. The Labute approximate surface area is 188 Å². The van der Waals surface area contributed by atoms with Gasteiger partial charge in [0.25, 0.3) is 5.56 Å². The normalized spacial score (nSPS) is 32.1. The summed E-state index contributed by atoms with van der Waals surface area (Å²) in [6.45, 7) is 6.25. The summed E-state index contributed by atoms with van der Waals surface area (Å²) in [7, 11) is -4.10. The van der Waals surface area contributed by atoms with Crippen LogP contribution in [0.15, 0.2) is 27.0 Å². The summed E-state index contributed by atoms with van der Waals surface area (Å²) in [5, 5.41) is 3.77. The molecule has 1 N–H and O–H groups in total. The van der Waals surface area contributed by atoms with Gasteiger partial charge in [-0.3, -0.25) is 32.7 Å². The lowest BCUT2D eigenvalue weighted by molar-refractivity contribution is -0.152. The van der Waals surface area contributed by atoms with Crippen LogP contribution in [0.1, 0.15) is 40.3 Å². The monoisotopic (exact) mass is 487 g/mol. The van der Waals surface area contributed by atoms with Crippen molar-refractivity contribution in [1.29, 1.82) is 0 Å². The second-order valence-electron chi connectivity index (χ2n) is 8.24. The minimum Gasteiger partial charge on any atom is -0.463 e. The summed E-state index contributed by atoms with van der Waals surface area (Å²) in [6.07, 6.45) is -1.95. The number of rotatable bonds is 8. The first-order valence-electron chi connectivity index (χ1n) is 10.3. The molecule has 1 aromatic heterocycles. The molecular weight excluding hydrogens is 461 g/mol. The first kappa shape index (κ1) is 25.2. The van der Waals surface area contributed by atoms with Gasteiger partial charge in [0.15, 0.2) is 6.23 Å². The van der Waals surface area contributed by atoms with Gasteiger partial charge in [-0.2, -0.15) is 0 Å². The molecule has 2 aliphatic rings. The maximum absolute atomic E-state index is 13.1. The van der Waals surface area contributed by atoms with Gasteiger partial charge in [-0.25, -0.2) is 9.36 Å². The summed E-state index contributed by atoms with van der Waals surface area (Å²) in [4.78, 5) is 40.5. The summed E-state index contributed by atoms with van der Waals surface area (Å²) < 4.78 is 41.3. The van der Waals surface area contributed by atoms with Gasteiger partial charge >= 0.3 is 19.5 Å². The van der Waals surface area contributed by atoms with Gasteiger partial charge in [0, 0.05) is 17.2 Å². The standard InChI is InChI=1S/C18H26N5O9P/c1-10(2)30-15(25)11(3)6-8-28-33(27)29-9-12-14(32-33)18(4,21-22-19)16(31-12)23-7-5-13(24)20-17(23)26/h5,7,10-12,14,16H,6,8-9H2,1-4H3,(H,20,24,26)/t11?,12-,14-,16-,18-,33?/m1/s1. The minimum absolute atomic E-state index is 0.120. The fourth-order valence-electron chi connectivity index (χ4n) is 3.56. The predicted molar refractivity (Wildman–Crippen MR) is 112 cm³/mol. The van der Waals surface area contributed by atoms with Crippen molar-refractivity contribution in [2.24, 2.45) is 11.0 Å². The van der Waals surface area contributed by atoms with Gasteiger partial charge in [0.1, 0.15) is 17.7 Å². The molecule has 2 unspecified atom stereocenters. The van der Waals surface area contributed by atoms with Crippen LogP contribution < -0.4 is 11.2 Å². The lowest BCUT2D eigenvalue weighted by atomic mass is 9.93. The highest BCUT2D eigenvalue weighted by Crippen LogP contribution is 2.59. The van der Waals surface area contributed by atoms with Crippen molar-refractivity contribution in [1.82, 2.24) is 9.55 Å². The SMILES string of the molecule is CC(C)OC(=O)C(C)CCOP1(=O)OC[C@H]2O[C@@H](n3ccc(=O)[nH]c3=O)[C@](C)(N=[N+]=[N-])[C@@H]2O1. The molecular formula is C18H26N5O9P. The van der Waals surface area contributed by atoms with E-state index in [0.29, 0.717) is 0 Å². The number of nitrogens with one attached hydrogen (secondary N) is 1. The maximum Gasteiger partial charge on any atom is 0.475 e. The molecule has 14 nitrogen and oxygen atoms in total. The molecule has 6 atom stereocenters. The van der Waals surface area contributed by atoms with Crippen molar-refractivity contribution in [3.05, 3.63) is 43.5 Å². The average molecular weight is 487 g/mol. The van der Waals surface area contributed by atoms with Crippen molar-refractivity contribution in [2.45, 2.75) is 64.2 Å². The zero-order chi connectivity index (χ0) is 24.4. The van der Waals surface area contributed by atoms with E-state index >= 15 is 0 Å². The fraction of sp³-hybridized carbons (Fsp3) is 0.722. The molecule has 1 aromatic rings. The number of fused-ring (bicyclic) bond motifs is 1. The molecule has 3 heterocycles. The van der Waals surface area contributed by atoms with Gasteiger partial charge in [0.2, 0.25) is 0 Å².